The predicted octanol–water partition coefficient (Wildman–Crippen LogP) is 4.14. The smallest absolute Gasteiger partial charge is 0.407 e. The third-order valence-corrected chi connectivity index (χ3v) is 7.55. The molecule has 5 rings (SSSR count). The first-order valence-electron chi connectivity index (χ1n) is 13.5. The molecule has 206 valence electrons. The molecule has 9 nitrogen and oxygen atoms in total. The van der Waals surface area contributed by atoms with E-state index in [1.54, 1.807) is 7.11 Å². The van der Waals surface area contributed by atoms with E-state index in [0.717, 1.165) is 67.5 Å². The molecule has 0 bridgehead atoms. The summed E-state index contributed by atoms with van der Waals surface area (Å²) in [6.07, 6.45) is 1.51. The summed E-state index contributed by atoms with van der Waals surface area (Å²) in [6, 6.07) is 14.3. The van der Waals surface area contributed by atoms with Crippen LogP contribution < -0.4 is 14.4 Å². The van der Waals surface area contributed by atoms with Crippen molar-refractivity contribution in [1.82, 2.24) is 4.90 Å². The van der Waals surface area contributed by atoms with Crippen LogP contribution in [-0.2, 0) is 20.8 Å². The van der Waals surface area contributed by atoms with E-state index in [2.05, 4.69) is 23.1 Å². The Labute approximate surface area is 224 Å². The van der Waals surface area contributed by atoms with Gasteiger partial charge in [0.15, 0.2) is 0 Å². The van der Waals surface area contributed by atoms with Gasteiger partial charge < -0.3 is 38.6 Å². The Bertz CT molecular complexity index is 1060. The Kier molecular flexibility index (Phi) is 8.88. The van der Waals surface area contributed by atoms with Crippen LogP contribution in [0.2, 0.25) is 0 Å². The molecular weight excluding hydrogens is 488 g/mol. The van der Waals surface area contributed by atoms with E-state index in [1.165, 1.54) is 4.90 Å². The summed E-state index contributed by atoms with van der Waals surface area (Å²) in [5.74, 6) is 1.81. The summed E-state index contributed by atoms with van der Waals surface area (Å²) in [6.45, 7) is 5.74. The maximum absolute atomic E-state index is 11.7. The zero-order chi connectivity index (χ0) is 26.3. The molecule has 3 unspecified atom stereocenters. The number of benzene rings is 2. The molecular formula is C29H38N2O7. The number of methoxy groups -OCH3 is 1. The number of carbonyl (C=O) groups is 1. The predicted molar refractivity (Wildman–Crippen MR) is 142 cm³/mol. The van der Waals surface area contributed by atoms with Gasteiger partial charge in [-0.2, -0.15) is 0 Å². The van der Waals surface area contributed by atoms with Crippen LogP contribution in [0.1, 0.15) is 36.3 Å². The fourth-order valence-corrected chi connectivity index (χ4v) is 5.48. The van der Waals surface area contributed by atoms with E-state index in [4.69, 9.17) is 23.7 Å². The van der Waals surface area contributed by atoms with Crippen molar-refractivity contribution >= 4 is 11.8 Å². The second-order valence-electron chi connectivity index (χ2n) is 10.1. The van der Waals surface area contributed by atoms with Crippen molar-refractivity contribution < 1.29 is 33.6 Å². The molecule has 3 atom stereocenters. The van der Waals surface area contributed by atoms with Gasteiger partial charge in [0.05, 0.1) is 44.7 Å². The number of ether oxygens (including phenoxy) is 5. The minimum atomic E-state index is -0.905. The maximum atomic E-state index is 11.7. The molecule has 2 aromatic carbocycles. The molecule has 0 spiro atoms. The summed E-state index contributed by atoms with van der Waals surface area (Å²) in [7, 11) is 1.72. The van der Waals surface area contributed by atoms with Crippen molar-refractivity contribution in [2.75, 3.05) is 64.6 Å². The number of carboxylic acid groups (broad SMARTS) is 1. The summed E-state index contributed by atoms with van der Waals surface area (Å²) in [5.41, 5.74) is 3.25. The normalized spacial score (nSPS) is 23.1. The number of fused-ring (bicyclic) bond motifs is 1. The lowest BCUT2D eigenvalue weighted by atomic mass is 9.87. The molecule has 0 radical (unpaired) electrons. The van der Waals surface area contributed by atoms with Gasteiger partial charge in [0, 0.05) is 39.1 Å². The number of piperidine rings is 1. The molecule has 0 saturated carbocycles. The monoisotopic (exact) mass is 526 g/mol. The first-order chi connectivity index (χ1) is 18.6. The van der Waals surface area contributed by atoms with E-state index in [0.29, 0.717) is 39.3 Å². The van der Waals surface area contributed by atoms with E-state index in [-0.39, 0.29) is 18.1 Å². The highest BCUT2D eigenvalue weighted by atomic mass is 16.5. The van der Waals surface area contributed by atoms with Crippen LogP contribution in [-0.4, -0.2) is 88.0 Å². The molecule has 3 aliphatic heterocycles. The molecule has 38 heavy (non-hydrogen) atoms. The Morgan fingerprint density at radius 2 is 1.97 bits per heavy atom. The Balaban J connectivity index is 1.26. The Hall–Kier alpha value is -3.01. The number of anilines is 1. The van der Waals surface area contributed by atoms with Crippen molar-refractivity contribution in [2.24, 2.45) is 0 Å². The van der Waals surface area contributed by atoms with Gasteiger partial charge in [0.25, 0.3) is 0 Å². The minimum Gasteiger partial charge on any atom is -0.490 e. The van der Waals surface area contributed by atoms with Crippen molar-refractivity contribution in [3.63, 3.8) is 0 Å². The molecule has 3 heterocycles. The maximum Gasteiger partial charge on any atom is 0.407 e. The fraction of sp³-hybridized carbons (Fsp3) is 0.552. The zero-order valence-electron chi connectivity index (χ0n) is 22.0. The van der Waals surface area contributed by atoms with Gasteiger partial charge in [0.2, 0.25) is 0 Å². The van der Waals surface area contributed by atoms with Gasteiger partial charge in [-0.15, -0.1) is 0 Å². The lowest BCUT2D eigenvalue weighted by Crippen LogP contribution is -2.46. The Morgan fingerprint density at radius 3 is 2.74 bits per heavy atom. The molecule has 3 aliphatic rings. The van der Waals surface area contributed by atoms with Gasteiger partial charge in [-0.1, -0.05) is 18.2 Å². The molecule has 2 fully saturated rings. The number of rotatable bonds is 10. The largest absolute Gasteiger partial charge is 0.490 e. The molecule has 2 aromatic rings. The van der Waals surface area contributed by atoms with E-state index < -0.39 is 6.09 Å². The van der Waals surface area contributed by atoms with Gasteiger partial charge in [-0.05, 0) is 48.2 Å². The van der Waals surface area contributed by atoms with Crippen LogP contribution in [0, 0.1) is 0 Å². The van der Waals surface area contributed by atoms with Crippen molar-refractivity contribution in [3.8, 4) is 11.5 Å². The number of hydrogen-bond acceptors (Lipinski definition) is 7. The molecule has 0 aliphatic carbocycles. The average Bonchev–Trinajstić information content (AvgIpc) is 3.45. The number of hydrogen-bond donors (Lipinski definition) is 1. The summed E-state index contributed by atoms with van der Waals surface area (Å²) >= 11 is 0. The van der Waals surface area contributed by atoms with Crippen LogP contribution in [0.4, 0.5) is 10.5 Å². The highest BCUT2D eigenvalue weighted by molar-refractivity contribution is 5.65. The SMILES string of the molecule is COCCCN1CCOc2ccc(COC3CN(C(=O)O)CCC3c3ccc(OC4CCOC4)cc3)cc21. The van der Waals surface area contributed by atoms with Crippen molar-refractivity contribution in [2.45, 2.75) is 44.0 Å². The van der Waals surface area contributed by atoms with E-state index in [1.807, 2.05) is 24.3 Å². The zero-order valence-corrected chi connectivity index (χ0v) is 22.0. The Morgan fingerprint density at radius 1 is 1.11 bits per heavy atom. The van der Waals surface area contributed by atoms with Crippen molar-refractivity contribution in [1.29, 1.82) is 0 Å². The van der Waals surface area contributed by atoms with Crippen LogP contribution in [0.5, 0.6) is 11.5 Å². The first-order valence-corrected chi connectivity index (χ1v) is 13.5. The lowest BCUT2D eigenvalue weighted by molar-refractivity contribution is -0.0199. The molecule has 9 heteroatoms. The first kappa shape index (κ1) is 26.6. The van der Waals surface area contributed by atoms with Gasteiger partial charge in [0.1, 0.15) is 24.2 Å². The van der Waals surface area contributed by atoms with Crippen LogP contribution in [0.3, 0.4) is 0 Å². The highest BCUT2D eigenvalue weighted by Crippen LogP contribution is 2.35. The van der Waals surface area contributed by atoms with E-state index >= 15 is 0 Å². The molecule has 0 aromatic heterocycles. The van der Waals surface area contributed by atoms with Gasteiger partial charge >= 0.3 is 6.09 Å². The third kappa shape index (κ3) is 6.51. The van der Waals surface area contributed by atoms with Gasteiger partial charge in [-0.3, -0.25) is 0 Å². The van der Waals surface area contributed by atoms with Crippen LogP contribution in [0.25, 0.3) is 0 Å². The minimum absolute atomic E-state index is 0.0981. The standard InChI is InChI=1S/C29H38N2O7/c1-34-14-2-11-30-13-16-36-27-8-3-21(17-26(27)30)19-37-28-18-31(29(32)33)12-9-25(28)22-4-6-23(7-5-22)38-24-10-15-35-20-24/h3-8,17,24-25,28H,2,9-16,18-20H2,1H3,(H,32,33). The van der Waals surface area contributed by atoms with E-state index in [9.17, 15) is 9.90 Å². The average molecular weight is 527 g/mol. The molecule has 1 N–H and O–H groups in total. The van der Waals surface area contributed by atoms with Crippen LogP contribution >= 0.6 is 0 Å². The summed E-state index contributed by atoms with van der Waals surface area (Å²) in [5, 5.41) is 9.64. The van der Waals surface area contributed by atoms with Gasteiger partial charge in [-0.25, -0.2) is 4.79 Å². The summed E-state index contributed by atoms with van der Waals surface area (Å²) in [4.78, 5) is 15.5. The number of amides is 1. The second-order valence-corrected chi connectivity index (χ2v) is 10.1. The number of nitrogens with zero attached hydrogens (tertiary/aromatic N) is 2. The molecule has 1 amide bonds. The van der Waals surface area contributed by atoms with Crippen LogP contribution in [0.15, 0.2) is 42.5 Å². The van der Waals surface area contributed by atoms with Crippen molar-refractivity contribution in [3.05, 3.63) is 53.6 Å². The number of likely N-dealkylation sites (tertiary alicyclic amines) is 1. The second kappa shape index (κ2) is 12.7. The third-order valence-electron chi connectivity index (χ3n) is 7.55. The fourth-order valence-electron chi connectivity index (χ4n) is 5.48. The lowest BCUT2D eigenvalue weighted by Gasteiger charge is -2.37. The quantitative estimate of drug-likeness (QED) is 0.462. The summed E-state index contributed by atoms with van der Waals surface area (Å²) < 4.78 is 29.0. The topological polar surface area (TPSA) is 89.9 Å². The molecule has 2 saturated heterocycles. The highest BCUT2D eigenvalue weighted by Gasteiger charge is 2.33.